The number of benzene rings is 2. The van der Waals surface area contributed by atoms with Crippen LogP contribution >= 0.6 is 22.9 Å². The third kappa shape index (κ3) is 3.16. The number of aromatic nitrogens is 2. The van der Waals surface area contributed by atoms with Crippen LogP contribution in [0.5, 0.6) is 0 Å². The van der Waals surface area contributed by atoms with Crippen molar-refractivity contribution in [3.8, 4) is 11.1 Å². The fourth-order valence-electron chi connectivity index (χ4n) is 2.58. The molecular weight excluding hydrogens is 371 g/mol. The van der Waals surface area contributed by atoms with Gasteiger partial charge in [0, 0.05) is 16.5 Å². The fourth-order valence-corrected chi connectivity index (χ4v) is 3.71. The predicted octanol–water partition coefficient (Wildman–Crippen LogP) is 5.60. The van der Waals surface area contributed by atoms with Crippen molar-refractivity contribution in [2.45, 2.75) is 0 Å². The van der Waals surface area contributed by atoms with E-state index in [2.05, 4.69) is 20.5 Å². The number of hydrazone groups is 1. The average Bonchev–Trinajstić information content (AvgIpc) is 3.10. The third-order valence-corrected chi connectivity index (χ3v) is 5.03. The van der Waals surface area contributed by atoms with Crippen molar-refractivity contribution in [2.75, 3.05) is 5.43 Å². The van der Waals surface area contributed by atoms with Gasteiger partial charge >= 0.3 is 0 Å². The number of hydrogen-bond acceptors (Lipinski definition) is 5. The van der Waals surface area contributed by atoms with Crippen LogP contribution in [-0.4, -0.2) is 16.2 Å². The van der Waals surface area contributed by atoms with Crippen molar-refractivity contribution in [3.63, 3.8) is 0 Å². The van der Waals surface area contributed by atoms with E-state index >= 15 is 0 Å². The molecule has 0 saturated carbocycles. The van der Waals surface area contributed by atoms with E-state index < -0.39 is 5.82 Å². The highest BCUT2D eigenvalue weighted by molar-refractivity contribution is 7.17. The number of nitrogens with zero attached hydrogens (tertiary/aromatic N) is 3. The Kier molecular flexibility index (Phi) is 4.60. The van der Waals surface area contributed by atoms with Crippen LogP contribution in [0, 0.1) is 5.82 Å². The molecule has 2 heterocycles. The molecule has 0 aliphatic rings. The smallest absolute Gasteiger partial charge is 0.159 e. The number of hydrogen-bond donors (Lipinski definition) is 1. The van der Waals surface area contributed by atoms with Crippen molar-refractivity contribution in [1.29, 1.82) is 0 Å². The Balaban J connectivity index is 1.71. The summed E-state index contributed by atoms with van der Waals surface area (Å²) < 4.78 is 13.8. The maximum atomic E-state index is 13.8. The number of rotatable bonds is 4. The van der Waals surface area contributed by atoms with Crippen molar-refractivity contribution < 1.29 is 4.39 Å². The topological polar surface area (TPSA) is 50.2 Å². The molecule has 0 unspecified atom stereocenters. The van der Waals surface area contributed by atoms with Crippen LogP contribution in [0.15, 0.2) is 65.3 Å². The molecule has 0 atom stereocenters. The maximum absolute atomic E-state index is 13.8. The van der Waals surface area contributed by atoms with Crippen LogP contribution < -0.4 is 5.43 Å². The quantitative estimate of drug-likeness (QED) is 0.369. The second-order valence-electron chi connectivity index (χ2n) is 5.42. The first kappa shape index (κ1) is 16.6. The summed E-state index contributed by atoms with van der Waals surface area (Å²) in [7, 11) is 0. The number of fused-ring (bicyclic) bond motifs is 1. The normalized spacial score (nSPS) is 11.3. The Bertz CT molecular complexity index is 1080. The molecular formula is C19H12ClFN4S. The van der Waals surface area contributed by atoms with E-state index in [-0.39, 0.29) is 5.56 Å². The first-order valence-electron chi connectivity index (χ1n) is 7.75. The van der Waals surface area contributed by atoms with Gasteiger partial charge in [0.15, 0.2) is 5.82 Å². The standard InChI is InChI=1S/C19H12ClFN4S/c20-15-7-4-8-16(21)13(15)9-24-25-18-17-14(12-5-2-1-3-6-12)10-26-19(17)23-11-22-18/h1-11H,(H,22,23,25)/b24-9-. The zero-order valence-corrected chi connectivity index (χ0v) is 14.9. The van der Waals surface area contributed by atoms with Crippen molar-refractivity contribution in [1.82, 2.24) is 9.97 Å². The van der Waals surface area contributed by atoms with Gasteiger partial charge in [-0.3, -0.25) is 5.43 Å². The van der Waals surface area contributed by atoms with Crippen LogP contribution in [0.25, 0.3) is 21.3 Å². The van der Waals surface area contributed by atoms with Gasteiger partial charge < -0.3 is 0 Å². The van der Waals surface area contributed by atoms with Crippen LogP contribution in [0.3, 0.4) is 0 Å². The first-order chi connectivity index (χ1) is 12.7. The minimum Gasteiger partial charge on any atom is -0.261 e. The minimum atomic E-state index is -0.434. The lowest BCUT2D eigenvalue weighted by Crippen LogP contribution is -1.97. The molecule has 0 radical (unpaired) electrons. The lowest BCUT2D eigenvalue weighted by atomic mass is 10.1. The molecule has 4 rings (SSSR count). The zero-order valence-electron chi connectivity index (χ0n) is 13.4. The Labute approximate surface area is 158 Å². The van der Waals surface area contributed by atoms with Gasteiger partial charge in [-0.05, 0) is 17.7 Å². The summed E-state index contributed by atoms with van der Waals surface area (Å²) in [6.45, 7) is 0. The summed E-state index contributed by atoms with van der Waals surface area (Å²) in [4.78, 5) is 9.45. The molecule has 0 aliphatic heterocycles. The van der Waals surface area contributed by atoms with E-state index in [4.69, 9.17) is 11.6 Å². The van der Waals surface area contributed by atoms with Gasteiger partial charge in [-0.15, -0.1) is 11.3 Å². The number of nitrogens with one attached hydrogen (secondary N) is 1. The fraction of sp³-hybridized carbons (Fsp3) is 0. The Hall–Kier alpha value is -2.83. The molecule has 0 amide bonds. The van der Waals surface area contributed by atoms with Crippen LogP contribution in [0.2, 0.25) is 5.02 Å². The summed E-state index contributed by atoms with van der Waals surface area (Å²) >= 11 is 7.54. The summed E-state index contributed by atoms with van der Waals surface area (Å²) in [5, 5.41) is 7.32. The second kappa shape index (κ2) is 7.19. The molecule has 0 spiro atoms. The van der Waals surface area contributed by atoms with E-state index in [1.54, 1.807) is 12.1 Å². The molecule has 0 saturated heterocycles. The zero-order chi connectivity index (χ0) is 17.9. The summed E-state index contributed by atoms with van der Waals surface area (Å²) in [5.41, 5.74) is 5.20. The summed E-state index contributed by atoms with van der Waals surface area (Å²) in [5.74, 6) is 0.121. The van der Waals surface area contributed by atoms with E-state index in [9.17, 15) is 4.39 Å². The van der Waals surface area contributed by atoms with Gasteiger partial charge in [0.2, 0.25) is 0 Å². The highest BCUT2D eigenvalue weighted by atomic mass is 35.5. The monoisotopic (exact) mass is 382 g/mol. The molecule has 2 aromatic carbocycles. The minimum absolute atomic E-state index is 0.223. The van der Waals surface area contributed by atoms with Gasteiger partial charge in [0.1, 0.15) is 17.0 Å². The molecule has 0 bridgehead atoms. The van der Waals surface area contributed by atoms with E-state index in [0.717, 1.165) is 21.3 Å². The molecule has 4 aromatic rings. The number of thiophene rings is 1. The van der Waals surface area contributed by atoms with Gasteiger partial charge in [-0.25, -0.2) is 14.4 Å². The maximum Gasteiger partial charge on any atom is 0.159 e. The van der Waals surface area contributed by atoms with Gasteiger partial charge in [0.25, 0.3) is 0 Å². The van der Waals surface area contributed by atoms with E-state index in [1.165, 1.54) is 29.9 Å². The average molecular weight is 383 g/mol. The molecule has 0 aliphatic carbocycles. The van der Waals surface area contributed by atoms with E-state index in [0.29, 0.717) is 10.8 Å². The summed E-state index contributed by atoms with van der Waals surface area (Å²) in [6, 6.07) is 14.5. The van der Waals surface area contributed by atoms with Crippen LogP contribution in [0.1, 0.15) is 5.56 Å². The lowest BCUT2D eigenvalue weighted by molar-refractivity contribution is 0.626. The molecule has 7 heteroatoms. The third-order valence-electron chi connectivity index (χ3n) is 3.82. The second-order valence-corrected chi connectivity index (χ2v) is 6.69. The Morgan fingerprint density at radius 1 is 1.08 bits per heavy atom. The Morgan fingerprint density at radius 2 is 1.92 bits per heavy atom. The highest BCUT2D eigenvalue weighted by Gasteiger charge is 2.12. The largest absolute Gasteiger partial charge is 0.261 e. The SMILES string of the molecule is Fc1cccc(Cl)c1/C=N\Nc1ncnc2scc(-c3ccccc3)c12. The Morgan fingerprint density at radius 3 is 2.73 bits per heavy atom. The van der Waals surface area contributed by atoms with Crippen LogP contribution in [-0.2, 0) is 0 Å². The summed E-state index contributed by atoms with van der Waals surface area (Å²) in [6.07, 6.45) is 2.82. The highest BCUT2D eigenvalue weighted by Crippen LogP contribution is 2.36. The molecule has 26 heavy (non-hydrogen) atoms. The van der Waals surface area contributed by atoms with Gasteiger partial charge in [-0.2, -0.15) is 5.10 Å². The molecule has 0 fully saturated rings. The van der Waals surface area contributed by atoms with Gasteiger partial charge in [-0.1, -0.05) is 48.0 Å². The van der Waals surface area contributed by atoms with Crippen molar-refractivity contribution >= 4 is 45.2 Å². The first-order valence-corrected chi connectivity index (χ1v) is 9.00. The molecule has 2 aromatic heterocycles. The molecule has 128 valence electrons. The number of halogens is 2. The molecule has 4 nitrogen and oxygen atoms in total. The van der Waals surface area contributed by atoms with E-state index in [1.807, 2.05) is 35.7 Å². The number of anilines is 1. The van der Waals surface area contributed by atoms with Crippen LogP contribution in [0.4, 0.5) is 10.2 Å². The lowest BCUT2D eigenvalue weighted by Gasteiger charge is -2.05. The van der Waals surface area contributed by atoms with Crippen molar-refractivity contribution in [2.24, 2.45) is 5.10 Å². The molecule has 1 N–H and O–H groups in total. The van der Waals surface area contributed by atoms with Gasteiger partial charge in [0.05, 0.1) is 16.6 Å². The van der Waals surface area contributed by atoms with Crippen molar-refractivity contribution in [3.05, 3.63) is 76.6 Å². The predicted molar refractivity (Wildman–Crippen MR) is 105 cm³/mol.